The molecule has 2 rings (SSSR count). The van der Waals surface area contributed by atoms with Gasteiger partial charge in [0.2, 0.25) is 0 Å². The van der Waals surface area contributed by atoms with Crippen LogP contribution in [0.1, 0.15) is 21.5 Å². The van der Waals surface area contributed by atoms with Crippen molar-refractivity contribution < 1.29 is 4.79 Å². The van der Waals surface area contributed by atoms with Gasteiger partial charge < -0.3 is 5.32 Å². The molecule has 0 radical (unpaired) electrons. The lowest BCUT2D eigenvalue weighted by Crippen LogP contribution is -2.34. The summed E-state index contributed by atoms with van der Waals surface area (Å²) in [6, 6.07) is 12.6. The number of rotatable bonds is 2. The number of aryl methyl sites for hydroxylation is 2. The first-order valence-electron chi connectivity index (χ1n) is 6.41. The highest BCUT2D eigenvalue weighted by Gasteiger charge is 2.08. The molecule has 0 fully saturated rings. The summed E-state index contributed by atoms with van der Waals surface area (Å²) in [6.07, 6.45) is 0. The Morgan fingerprint density at radius 2 is 1.76 bits per heavy atom. The molecule has 0 aliphatic carbocycles. The van der Waals surface area contributed by atoms with Crippen LogP contribution in [0.3, 0.4) is 0 Å². The fourth-order valence-corrected chi connectivity index (χ4v) is 2.21. The van der Waals surface area contributed by atoms with Crippen LogP contribution in [-0.2, 0) is 0 Å². The standard InChI is InChI=1S/C16H15ClN2OS/c1-10-3-8-14(11(2)9-10)18-16(21)19-15(20)12-4-6-13(17)7-5-12/h3-9H,1-2H3,(H2,18,19,20,21). The lowest BCUT2D eigenvalue weighted by Gasteiger charge is -2.12. The van der Waals surface area contributed by atoms with Crippen molar-refractivity contribution in [3.05, 3.63) is 64.2 Å². The minimum atomic E-state index is -0.270. The van der Waals surface area contributed by atoms with E-state index >= 15 is 0 Å². The van der Waals surface area contributed by atoms with Crippen molar-refractivity contribution in [2.24, 2.45) is 0 Å². The van der Waals surface area contributed by atoms with Gasteiger partial charge in [0, 0.05) is 16.3 Å². The Labute approximate surface area is 134 Å². The molecule has 0 unspecified atom stereocenters. The zero-order valence-electron chi connectivity index (χ0n) is 11.7. The molecule has 0 aliphatic heterocycles. The van der Waals surface area contributed by atoms with Crippen molar-refractivity contribution in [2.75, 3.05) is 5.32 Å². The second-order valence-corrected chi connectivity index (χ2v) is 5.58. The van der Waals surface area contributed by atoms with Gasteiger partial charge in [-0.2, -0.15) is 0 Å². The summed E-state index contributed by atoms with van der Waals surface area (Å²) in [7, 11) is 0. The van der Waals surface area contributed by atoms with Gasteiger partial charge in [0.25, 0.3) is 5.91 Å². The lowest BCUT2D eigenvalue weighted by atomic mass is 10.1. The van der Waals surface area contributed by atoms with Gasteiger partial charge in [0.15, 0.2) is 5.11 Å². The molecule has 0 spiro atoms. The first-order valence-corrected chi connectivity index (χ1v) is 7.19. The Bertz CT molecular complexity index is 683. The maximum atomic E-state index is 12.0. The average molecular weight is 319 g/mol. The van der Waals surface area contributed by atoms with Gasteiger partial charge in [-0.1, -0.05) is 29.3 Å². The summed E-state index contributed by atoms with van der Waals surface area (Å²) in [5, 5.41) is 6.52. The summed E-state index contributed by atoms with van der Waals surface area (Å²) >= 11 is 11.0. The topological polar surface area (TPSA) is 41.1 Å². The second-order valence-electron chi connectivity index (χ2n) is 4.73. The number of carbonyl (C=O) groups is 1. The third kappa shape index (κ3) is 4.28. The van der Waals surface area contributed by atoms with E-state index in [0.717, 1.165) is 11.3 Å². The normalized spacial score (nSPS) is 10.0. The number of nitrogens with one attached hydrogen (secondary N) is 2. The van der Waals surface area contributed by atoms with Gasteiger partial charge in [-0.15, -0.1) is 0 Å². The summed E-state index contributed by atoms with van der Waals surface area (Å²) in [5.41, 5.74) is 3.62. The van der Waals surface area contributed by atoms with Crippen molar-refractivity contribution in [3.63, 3.8) is 0 Å². The number of anilines is 1. The zero-order valence-corrected chi connectivity index (χ0v) is 13.3. The van der Waals surface area contributed by atoms with E-state index in [1.54, 1.807) is 24.3 Å². The first-order chi connectivity index (χ1) is 9.95. The highest BCUT2D eigenvalue weighted by Crippen LogP contribution is 2.16. The largest absolute Gasteiger partial charge is 0.332 e. The molecule has 0 saturated heterocycles. The van der Waals surface area contributed by atoms with Crippen LogP contribution in [0.15, 0.2) is 42.5 Å². The molecule has 0 aliphatic rings. The molecule has 108 valence electrons. The van der Waals surface area contributed by atoms with E-state index in [0.29, 0.717) is 10.6 Å². The smallest absolute Gasteiger partial charge is 0.257 e. The fourth-order valence-electron chi connectivity index (χ4n) is 1.88. The van der Waals surface area contributed by atoms with Crippen molar-refractivity contribution in [1.29, 1.82) is 0 Å². The van der Waals surface area contributed by atoms with Gasteiger partial charge in [0.1, 0.15) is 0 Å². The van der Waals surface area contributed by atoms with Gasteiger partial charge in [0.05, 0.1) is 0 Å². The number of amides is 1. The van der Waals surface area contributed by atoms with Gasteiger partial charge in [-0.3, -0.25) is 10.1 Å². The zero-order chi connectivity index (χ0) is 15.4. The van der Waals surface area contributed by atoms with E-state index in [1.807, 2.05) is 32.0 Å². The molecule has 2 aromatic rings. The highest BCUT2D eigenvalue weighted by atomic mass is 35.5. The van der Waals surface area contributed by atoms with Crippen LogP contribution in [0, 0.1) is 13.8 Å². The molecule has 1 amide bonds. The van der Waals surface area contributed by atoms with E-state index < -0.39 is 0 Å². The third-order valence-corrected chi connectivity index (χ3v) is 3.42. The Morgan fingerprint density at radius 3 is 2.38 bits per heavy atom. The van der Waals surface area contributed by atoms with Crippen molar-refractivity contribution in [1.82, 2.24) is 5.32 Å². The van der Waals surface area contributed by atoms with Crippen molar-refractivity contribution in [3.8, 4) is 0 Å². The quantitative estimate of drug-likeness (QED) is 0.820. The van der Waals surface area contributed by atoms with Crippen LogP contribution >= 0.6 is 23.8 Å². The maximum absolute atomic E-state index is 12.0. The average Bonchev–Trinajstić information content (AvgIpc) is 2.42. The van der Waals surface area contributed by atoms with Gasteiger partial charge in [-0.05, 0) is 62.0 Å². The number of hydrogen-bond donors (Lipinski definition) is 2. The monoisotopic (exact) mass is 318 g/mol. The molecular weight excluding hydrogens is 304 g/mol. The second kappa shape index (κ2) is 6.70. The van der Waals surface area contributed by atoms with Crippen LogP contribution < -0.4 is 10.6 Å². The lowest BCUT2D eigenvalue weighted by molar-refractivity contribution is 0.0978. The molecule has 2 N–H and O–H groups in total. The molecule has 0 atom stereocenters. The molecule has 5 heteroatoms. The molecule has 0 aromatic heterocycles. The van der Waals surface area contributed by atoms with E-state index in [-0.39, 0.29) is 11.0 Å². The Hall–Kier alpha value is -1.91. The van der Waals surface area contributed by atoms with Crippen LogP contribution in [0.5, 0.6) is 0 Å². The molecule has 2 aromatic carbocycles. The molecular formula is C16H15ClN2OS. The molecule has 3 nitrogen and oxygen atoms in total. The SMILES string of the molecule is Cc1ccc(NC(=S)NC(=O)c2ccc(Cl)cc2)c(C)c1. The molecule has 0 saturated carbocycles. The minimum Gasteiger partial charge on any atom is -0.332 e. The Morgan fingerprint density at radius 1 is 1.10 bits per heavy atom. The molecule has 0 bridgehead atoms. The van der Waals surface area contributed by atoms with E-state index in [9.17, 15) is 4.79 Å². The van der Waals surface area contributed by atoms with Crippen LogP contribution in [-0.4, -0.2) is 11.0 Å². The predicted octanol–water partition coefficient (Wildman–Crippen LogP) is 4.08. The third-order valence-electron chi connectivity index (χ3n) is 2.96. The number of hydrogen-bond acceptors (Lipinski definition) is 2. The van der Waals surface area contributed by atoms with Crippen LogP contribution in [0.25, 0.3) is 0 Å². The molecule has 0 heterocycles. The summed E-state index contributed by atoms with van der Waals surface area (Å²) in [6.45, 7) is 4.01. The van der Waals surface area contributed by atoms with Gasteiger partial charge in [-0.25, -0.2) is 0 Å². The minimum absolute atomic E-state index is 0.266. The number of benzene rings is 2. The number of carbonyl (C=O) groups excluding carboxylic acids is 1. The number of halogens is 1. The van der Waals surface area contributed by atoms with Crippen molar-refractivity contribution >= 4 is 40.5 Å². The van der Waals surface area contributed by atoms with Crippen LogP contribution in [0.4, 0.5) is 5.69 Å². The van der Waals surface area contributed by atoms with E-state index in [1.165, 1.54) is 5.56 Å². The number of thiocarbonyl (C=S) groups is 1. The van der Waals surface area contributed by atoms with E-state index in [2.05, 4.69) is 10.6 Å². The maximum Gasteiger partial charge on any atom is 0.257 e. The van der Waals surface area contributed by atoms with E-state index in [4.69, 9.17) is 23.8 Å². The predicted molar refractivity (Wildman–Crippen MR) is 91.1 cm³/mol. The highest BCUT2D eigenvalue weighted by molar-refractivity contribution is 7.80. The molecule has 21 heavy (non-hydrogen) atoms. The fraction of sp³-hybridized carbons (Fsp3) is 0.125. The van der Waals surface area contributed by atoms with Gasteiger partial charge >= 0.3 is 0 Å². The first kappa shape index (κ1) is 15.5. The summed E-state index contributed by atoms with van der Waals surface area (Å²) in [4.78, 5) is 12.0. The Balaban J connectivity index is 2.01. The van der Waals surface area contributed by atoms with Crippen molar-refractivity contribution in [2.45, 2.75) is 13.8 Å². The summed E-state index contributed by atoms with van der Waals surface area (Å²) < 4.78 is 0. The summed E-state index contributed by atoms with van der Waals surface area (Å²) in [5.74, 6) is -0.270. The Kier molecular flexibility index (Phi) is 4.94. The van der Waals surface area contributed by atoms with Crippen LogP contribution in [0.2, 0.25) is 5.02 Å².